The average molecular weight is 524 g/mol. The van der Waals surface area contributed by atoms with E-state index in [0.717, 1.165) is 25.9 Å². The van der Waals surface area contributed by atoms with E-state index in [1.807, 2.05) is 0 Å². The lowest BCUT2D eigenvalue weighted by Gasteiger charge is -2.45. The minimum absolute atomic E-state index is 0.0768. The van der Waals surface area contributed by atoms with Crippen molar-refractivity contribution < 1.29 is 22.7 Å². The molecule has 3 aromatic rings. The van der Waals surface area contributed by atoms with Gasteiger partial charge in [0.2, 0.25) is 0 Å². The third kappa shape index (κ3) is 6.18. The molecule has 2 unspecified atom stereocenters. The Morgan fingerprint density at radius 3 is 2.26 bits per heavy atom. The minimum Gasteiger partial charge on any atom is -0.406 e. The van der Waals surface area contributed by atoms with E-state index in [4.69, 9.17) is 0 Å². The zero-order valence-electron chi connectivity index (χ0n) is 21.2. The highest BCUT2D eigenvalue weighted by Gasteiger charge is 2.36. The van der Waals surface area contributed by atoms with Gasteiger partial charge in [-0.2, -0.15) is 0 Å². The SMILES string of the molecule is O=C(c1cccnc1)N(c1ccc(OC(F)(F)F)cc1)C1CCN(C2CCCCC2c2ccccc2)CC1. The van der Waals surface area contributed by atoms with Gasteiger partial charge in [-0.1, -0.05) is 43.2 Å². The second-order valence-corrected chi connectivity index (χ2v) is 10.1. The van der Waals surface area contributed by atoms with Gasteiger partial charge in [-0.3, -0.25) is 14.7 Å². The summed E-state index contributed by atoms with van der Waals surface area (Å²) in [4.78, 5) is 22.0. The van der Waals surface area contributed by atoms with Crippen molar-refractivity contribution in [3.63, 3.8) is 0 Å². The maximum Gasteiger partial charge on any atom is 0.573 e. The van der Waals surface area contributed by atoms with Gasteiger partial charge in [0, 0.05) is 43.3 Å². The van der Waals surface area contributed by atoms with E-state index in [-0.39, 0.29) is 17.7 Å². The van der Waals surface area contributed by atoms with Crippen LogP contribution in [-0.4, -0.2) is 47.3 Å². The Morgan fingerprint density at radius 1 is 0.895 bits per heavy atom. The number of pyridine rings is 1. The predicted molar refractivity (Wildman–Crippen MR) is 140 cm³/mol. The van der Waals surface area contributed by atoms with E-state index in [2.05, 4.69) is 45.0 Å². The minimum atomic E-state index is -4.77. The first-order valence-corrected chi connectivity index (χ1v) is 13.3. The highest BCUT2D eigenvalue weighted by molar-refractivity contribution is 6.06. The van der Waals surface area contributed by atoms with E-state index in [9.17, 15) is 18.0 Å². The number of alkyl halides is 3. The molecule has 38 heavy (non-hydrogen) atoms. The lowest BCUT2D eigenvalue weighted by Crippen LogP contribution is -2.51. The molecule has 2 aromatic carbocycles. The zero-order chi connectivity index (χ0) is 26.5. The Morgan fingerprint density at radius 2 is 1.61 bits per heavy atom. The average Bonchev–Trinajstić information content (AvgIpc) is 2.94. The van der Waals surface area contributed by atoms with Gasteiger partial charge in [-0.25, -0.2) is 0 Å². The van der Waals surface area contributed by atoms with Crippen LogP contribution in [0.15, 0.2) is 79.1 Å². The first-order valence-electron chi connectivity index (χ1n) is 13.3. The second kappa shape index (κ2) is 11.6. The number of benzene rings is 2. The lowest BCUT2D eigenvalue weighted by atomic mass is 9.78. The number of nitrogens with zero attached hydrogens (tertiary/aromatic N) is 3. The normalized spacial score (nSPS) is 21.1. The maximum atomic E-state index is 13.6. The first kappa shape index (κ1) is 26.2. The molecule has 1 aromatic heterocycles. The van der Waals surface area contributed by atoms with Crippen LogP contribution in [0.25, 0.3) is 0 Å². The molecule has 0 radical (unpaired) electrons. The summed E-state index contributed by atoms with van der Waals surface area (Å²) in [5.41, 5.74) is 2.39. The number of likely N-dealkylation sites (tertiary alicyclic amines) is 1. The van der Waals surface area contributed by atoms with E-state index in [1.54, 1.807) is 23.2 Å². The fourth-order valence-electron chi connectivity index (χ4n) is 6.04. The van der Waals surface area contributed by atoms with E-state index < -0.39 is 6.36 Å². The van der Waals surface area contributed by atoms with Gasteiger partial charge in [0.1, 0.15) is 5.75 Å². The molecule has 1 aliphatic carbocycles. The number of ether oxygens (including phenoxy) is 1. The Bertz CT molecular complexity index is 1180. The molecule has 0 spiro atoms. The molecule has 8 heteroatoms. The first-order chi connectivity index (χ1) is 18.4. The summed E-state index contributed by atoms with van der Waals surface area (Å²) in [6.45, 7) is 1.73. The highest BCUT2D eigenvalue weighted by atomic mass is 19.4. The molecule has 0 bridgehead atoms. The number of carbonyl (C=O) groups is 1. The molecule has 1 aliphatic heterocycles. The fourth-order valence-corrected chi connectivity index (χ4v) is 6.04. The number of hydrogen-bond donors (Lipinski definition) is 0. The molecular weight excluding hydrogens is 491 g/mol. The summed E-state index contributed by atoms with van der Waals surface area (Å²) >= 11 is 0. The van der Waals surface area contributed by atoms with Gasteiger partial charge in [-0.05, 0) is 73.6 Å². The van der Waals surface area contributed by atoms with Crippen molar-refractivity contribution in [3.8, 4) is 5.75 Å². The van der Waals surface area contributed by atoms with Gasteiger partial charge in [0.25, 0.3) is 5.91 Å². The largest absolute Gasteiger partial charge is 0.573 e. The van der Waals surface area contributed by atoms with Crippen molar-refractivity contribution in [1.29, 1.82) is 0 Å². The zero-order valence-corrected chi connectivity index (χ0v) is 21.2. The molecule has 1 amide bonds. The smallest absolute Gasteiger partial charge is 0.406 e. The molecule has 5 rings (SSSR count). The third-order valence-corrected chi connectivity index (χ3v) is 7.77. The quantitative estimate of drug-likeness (QED) is 0.356. The van der Waals surface area contributed by atoms with Gasteiger partial charge >= 0.3 is 6.36 Å². The van der Waals surface area contributed by atoms with Gasteiger partial charge < -0.3 is 9.64 Å². The Hall–Kier alpha value is -3.39. The van der Waals surface area contributed by atoms with Gasteiger partial charge in [0.15, 0.2) is 0 Å². The number of halogens is 3. The number of amides is 1. The van der Waals surface area contributed by atoms with Crippen LogP contribution in [0, 0.1) is 0 Å². The topological polar surface area (TPSA) is 45.7 Å². The summed E-state index contributed by atoms with van der Waals surface area (Å²) in [5.74, 6) is -0.00854. The summed E-state index contributed by atoms with van der Waals surface area (Å²) in [6, 6.07) is 20.1. The number of carbonyl (C=O) groups excluding carboxylic acids is 1. The Kier molecular flexibility index (Phi) is 7.98. The van der Waals surface area contributed by atoms with Crippen LogP contribution in [0.4, 0.5) is 18.9 Å². The molecule has 200 valence electrons. The van der Waals surface area contributed by atoms with Crippen LogP contribution in [-0.2, 0) is 0 Å². The molecule has 2 heterocycles. The number of rotatable bonds is 6. The maximum absolute atomic E-state index is 13.6. The molecule has 0 N–H and O–H groups in total. The molecule has 2 atom stereocenters. The van der Waals surface area contributed by atoms with E-state index in [0.29, 0.717) is 23.2 Å². The van der Waals surface area contributed by atoms with Gasteiger partial charge in [0.05, 0.1) is 5.56 Å². The van der Waals surface area contributed by atoms with Crippen molar-refractivity contribution in [2.24, 2.45) is 0 Å². The Balaban J connectivity index is 1.34. The van der Waals surface area contributed by atoms with Crippen molar-refractivity contribution in [3.05, 3.63) is 90.3 Å². The second-order valence-electron chi connectivity index (χ2n) is 10.1. The fraction of sp³-hybridized carbons (Fsp3) is 0.400. The number of anilines is 1. The predicted octanol–water partition coefficient (Wildman–Crippen LogP) is 6.82. The highest BCUT2D eigenvalue weighted by Crippen LogP contribution is 2.38. The lowest BCUT2D eigenvalue weighted by molar-refractivity contribution is -0.274. The van der Waals surface area contributed by atoms with Crippen molar-refractivity contribution in [2.75, 3.05) is 18.0 Å². The van der Waals surface area contributed by atoms with E-state index >= 15 is 0 Å². The monoisotopic (exact) mass is 523 g/mol. The summed E-state index contributed by atoms with van der Waals surface area (Å²) in [7, 11) is 0. The summed E-state index contributed by atoms with van der Waals surface area (Å²) in [5, 5.41) is 0. The summed E-state index contributed by atoms with van der Waals surface area (Å²) in [6.07, 6.45) is 4.76. The standard InChI is InChI=1S/C30H32F3N3O2/c31-30(32,33)38-26-14-12-24(13-15-26)36(29(37)23-9-6-18-34-21-23)25-16-19-35(20-17-25)28-11-5-4-10-27(28)22-7-2-1-3-8-22/h1-3,6-9,12-15,18,21,25,27-28H,4-5,10-11,16-17,19-20H2. The van der Waals surface area contributed by atoms with Crippen molar-refractivity contribution >= 4 is 11.6 Å². The van der Waals surface area contributed by atoms with Crippen LogP contribution in [0.1, 0.15) is 60.4 Å². The van der Waals surface area contributed by atoms with Crippen LogP contribution in [0.5, 0.6) is 5.75 Å². The molecule has 1 saturated carbocycles. The van der Waals surface area contributed by atoms with Crippen molar-refractivity contribution in [2.45, 2.75) is 62.9 Å². The number of hydrogen-bond acceptors (Lipinski definition) is 4. The van der Waals surface area contributed by atoms with Crippen LogP contribution in [0.3, 0.4) is 0 Å². The molecule has 5 nitrogen and oxygen atoms in total. The van der Waals surface area contributed by atoms with Crippen LogP contribution in [0.2, 0.25) is 0 Å². The molecular formula is C30H32F3N3O2. The molecule has 2 aliphatic rings. The van der Waals surface area contributed by atoms with Crippen LogP contribution < -0.4 is 9.64 Å². The summed E-state index contributed by atoms with van der Waals surface area (Å²) < 4.78 is 42.0. The van der Waals surface area contributed by atoms with E-state index in [1.165, 1.54) is 61.7 Å². The Labute approximate surface area is 221 Å². The molecule has 1 saturated heterocycles. The molecule has 2 fully saturated rings. The number of aromatic nitrogens is 1. The van der Waals surface area contributed by atoms with Gasteiger partial charge in [-0.15, -0.1) is 13.2 Å². The third-order valence-electron chi connectivity index (χ3n) is 7.77. The van der Waals surface area contributed by atoms with Crippen molar-refractivity contribution in [1.82, 2.24) is 9.88 Å². The number of piperidine rings is 1. The van der Waals surface area contributed by atoms with Crippen LogP contribution >= 0.6 is 0 Å².